The number of nitrogens with one attached hydrogen (secondary N) is 2. The lowest BCUT2D eigenvalue weighted by molar-refractivity contribution is -0.111. The second kappa shape index (κ2) is 7.47. The monoisotopic (exact) mass is 383 g/mol. The van der Waals surface area contributed by atoms with E-state index < -0.39 is 17.6 Å². The van der Waals surface area contributed by atoms with Crippen LogP contribution in [0.15, 0.2) is 41.3 Å². The third-order valence-corrected chi connectivity index (χ3v) is 4.04. The average Bonchev–Trinajstić information content (AvgIpc) is 3.04. The van der Waals surface area contributed by atoms with Gasteiger partial charge in [-0.15, -0.1) is 0 Å². The molecule has 2 heterocycles. The van der Waals surface area contributed by atoms with Crippen LogP contribution >= 0.6 is 0 Å². The highest BCUT2D eigenvalue weighted by Gasteiger charge is 2.11. The number of aromatic amines is 1. The van der Waals surface area contributed by atoms with Gasteiger partial charge in [0, 0.05) is 28.6 Å². The molecule has 0 saturated heterocycles. The number of hydrogen-bond acceptors (Lipinski definition) is 4. The Hall–Kier alpha value is -3.75. The standard InChI is InChI=1S/C19H18FN5O3/c1-10(2)25-18-13(9-22-25)7-12(19(28)24-18)4-6-16(26)23-15-8-11(17(21)27)3-5-14(15)20/h3-10H,1-2H3,(H2,21,27)(H,23,26)(H,24,28)/b6-4+. The molecule has 0 saturated carbocycles. The molecule has 144 valence electrons. The van der Waals surface area contributed by atoms with Crippen LogP contribution in [0.25, 0.3) is 17.1 Å². The summed E-state index contributed by atoms with van der Waals surface area (Å²) in [5.41, 5.74) is 5.47. The fraction of sp³-hybridized carbons (Fsp3) is 0.158. The molecule has 0 aliphatic rings. The molecule has 8 nitrogen and oxygen atoms in total. The number of halogens is 1. The summed E-state index contributed by atoms with van der Waals surface area (Å²) in [7, 11) is 0. The van der Waals surface area contributed by atoms with E-state index in [0.29, 0.717) is 11.0 Å². The first kappa shape index (κ1) is 19.0. The number of benzene rings is 1. The van der Waals surface area contributed by atoms with Crippen LogP contribution < -0.4 is 16.6 Å². The summed E-state index contributed by atoms with van der Waals surface area (Å²) >= 11 is 0. The Morgan fingerprint density at radius 2 is 2.07 bits per heavy atom. The predicted molar refractivity (Wildman–Crippen MR) is 103 cm³/mol. The molecule has 3 aromatic rings. The van der Waals surface area contributed by atoms with Gasteiger partial charge in [0.2, 0.25) is 11.8 Å². The van der Waals surface area contributed by atoms with Gasteiger partial charge in [0.05, 0.1) is 11.9 Å². The predicted octanol–water partition coefficient (Wildman–Crippen LogP) is 2.20. The molecule has 1 aromatic carbocycles. The van der Waals surface area contributed by atoms with Crippen LogP contribution in [-0.4, -0.2) is 26.6 Å². The van der Waals surface area contributed by atoms with Crippen molar-refractivity contribution >= 4 is 34.6 Å². The zero-order valence-corrected chi connectivity index (χ0v) is 15.2. The lowest BCUT2D eigenvalue weighted by Gasteiger charge is -2.06. The van der Waals surface area contributed by atoms with Gasteiger partial charge in [0.15, 0.2) is 0 Å². The number of carbonyl (C=O) groups excluding carboxylic acids is 2. The molecule has 0 atom stereocenters. The van der Waals surface area contributed by atoms with Crippen LogP contribution in [0.5, 0.6) is 0 Å². The van der Waals surface area contributed by atoms with Crippen molar-refractivity contribution in [1.29, 1.82) is 0 Å². The summed E-state index contributed by atoms with van der Waals surface area (Å²) in [4.78, 5) is 38.3. The van der Waals surface area contributed by atoms with Crippen LogP contribution in [0.3, 0.4) is 0 Å². The van der Waals surface area contributed by atoms with E-state index in [2.05, 4.69) is 15.4 Å². The molecule has 0 bridgehead atoms. The third-order valence-electron chi connectivity index (χ3n) is 4.04. The Morgan fingerprint density at radius 3 is 2.75 bits per heavy atom. The van der Waals surface area contributed by atoms with Crippen molar-refractivity contribution in [3.63, 3.8) is 0 Å². The summed E-state index contributed by atoms with van der Waals surface area (Å²) in [6, 6.07) is 5.08. The number of nitrogens with zero attached hydrogens (tertiary/aromatic N) is 2. The van der Waals surface area contributed by atoms with E-state index in [9.17, 15) is 18.8 Å². The highest BCUT2D eigenvalue weighted by molar-refractivity contribution is 6.03. The molecule has 9 heteroatoms. The van der Waals surface area contributed by atoms with Crippen molar-refractivity contribution in [2.24, 2.45) is 5.73 Å². The molecule has 0 aliphatic carbocycles. The first-order valence-electron chi connectivity index (χ1n) is 8.45. The van der Waals surface area contributed by atoms with Crippen LogP contribution in [0.2, 0.25) is 0 Å². The largest absolute Gasteiger partial charge is 0.366 e. The highest BCUT2D eigenvalue weighted by Crippen LogP contribution is 2.17. The van der Waals surface area contributed by atoms with Crippen molar-refractivity contribution in [3.8, 4) is 0 Å². The molecule has 3 rings (SSSR count). The third kappa shape index (κ3) is 3.83. The number of primary amides is 1. The second-order valence-electron chi connectivity index (χ2n) is 6.42. The van der Waals surface area contributed by atoms with Gasteiger partial charge < -0.3 is 16.0 Å². The summed E-state index contributed by atoms with van der Waals surface area (Å²) in [5.74, 6) is -2.13. The topological polar surface area (TPSA) is 123 Å². The quantitative estimate of drug-likeness (QED) is 0.584. The van der Waals surface area contributed by atoms with Crippen LogP contribution in [0.4, 0.5) is 10.1 Å². The number of amides is 2. The number of pyridine rings is 1. The number of rotatable bonds is 5. The smallest absolute Gasteiger partial charge is 0.256 e. The zero-order valence-electron chi connectivity index (χ0n) is 15.2. The van der Waals surface area contributed by atoms with Crippen LogP contribution in [0.1, 0.15) is 35.8 Å². The van der Waals surface area contributed by atoms with Crippen LogP contribution in [-0.2, 0) is 4.79 Å². The number of carbonyl (C=O) groups is 2. The fourth-order valence-electron chi connectivity index (χ4n) is 2.65. The molecule has 0 spiro atoms. The maximum absolute atomic E-state index is 13.8. The van der Waals surface area contributed by atoms with Crippen molar-refractivity contribution in [2.45, 2.75) is 19.9 Å². The average molecular weight is 383 g/mol. The minimum absolute atomic E-state index is 0.0599. The van der Waals surface area contributed by atoms with Crippen LogP contribution in [0, 0.1) is 5.82 Å². The van der Waals surface area contributed by atoms with Crippen molar-refractivity contribution in [1.82, 2.24) is 14.8 Å². The summed E-state index contributed by atoms with van der Waals surface area (Å²) in [6.45, 7) is 3.88. The molecular formula is C19H18FN5O3. The molecule has 0 unspecified atom stereocenters. The van der Waals surface area contributed by atoms with E-state index in [1.54, 1.807) is 16.9 Å². The van der Waals surface area contributed by atoms with Gasteiger partial charge in [0.25, 0.3) is 5.56 Å². The molecule has 0 radical (unpaired) electrons. The van der Waals surface area contributed by atoms with E-state index in [-0.39, 0.29) is 28.4 Å². The fourth-order valence-corrected chi connectivity index (χ4v) is 2.65. The summed E-state index contributed by atoms with van der Waals surface area (Å²) in [6.07, 6.45) is 4.03. The molecule has 28 heavy (non-hydrogen) atoms. The number of fused-ring (bicyclic) bond motifs is 1. The SMILES string of the molecule is CC(C)n1ncc2cc(/C=C/C(=O)Nc3cc(C(N)=O)ccc3F)c(=O)[nH]c21. The first-order chi connectivity index (χ1) is 13.3. The Morgan fingerprint density at radius 1 is 1.32 bits per heavy atom. The maximum atomic E-state index is 13.8. The zero-order chi connectivity index (χ0) is 20.4. The highest BCUT2D eigenvalue weighted by atomic mass is 19.1. The normalized spacial score (nSPS) is 11.4. The molecule has 2 aromatic heterocycles. The minimum atomic E-state index is -0.743. The number of aromatic nitrogens is 3. The molecule has 2 amide bonds. The molecular weight excluding hydrogens is 365 g/mol. The van der Waals surface area contributed by atoms with Gasteiger partial charge >= 0.3 is 0 Å². The number of H-pyrrole nitrogens is 1. The van der Waals surface area contributed by atoms with E-state index in [4.69, 9.17) is 5.73 Å². The van der Waals surface area contributed by atoms with E-state index in [0.717, 1.165) is 18.2 Å². The van der Waals surface area contributed by atoms with E-state index in [1.165, 1.54) is 12.1 Å². The summed E-state index contributed by atoms with van der Waals surface area (Å²) in [5, 5.41) is 7.25. The minimum Gasteiger partial charge on any atom is -0.366 e. The van der Waals surface area contributed by atoms with Gasteiger partial charge in [-0.05, 0) is 44.2 Å². The van der Waals surface area contributed by atoms with E-state index in [1.807, 2.05) is 13.8 Å². The Labute approximate surface area is 158 Å². The van der Waals surface area contributed by atoms with Gasteiger partial charge in [-0.1, -0.05) is 0 Å². The second-order valence-corrected chi connectivity index (χ2v) is 6.42. The van der Waals surface area contributed by atoms with Gasteiger partial charge in [-0.3, -0.25) is 14.4 Å². The molecule has 0 aliphatic heterocycles. The van der Waals surface area contributed by atoms with Gasteiger partial charge in [-0.25, -0.2) is 9.07 Å². The lowest BCUT2D eigenvalue weighted by Crippen LogP contribution is -2.15. The Bertz CT molecular complexity index is 1160. The van der Waals surface area contributed by atoms with Crippen molar-refractivity contribution in [3.05, 3.63) is 63.8 Å². The lowest BCUT2D eigenvalue weighted by atomic mass is 10.2. The van der Waals surface area contributed by atoms with Crippen molar-refractivity contribution < 1.29 is 14.0 Å². The number of hydrogen-bond donors (Lipinski definition) is 3. The number of anilines is 1. The molecule has 4 N–H and O–H groups in total. The van der Waals surface area contributed by atoms with Gasteiger partial charge in [0.1, 0.15) is 11.5 Å². The summed E-state index contributed by atoms with van der Waals surface area (Å²) < 4.78 is 15.5. The maximum Gasteiger partial charge on any atom is 0.256 e. The molecule has 0 fully saturated rings. The Balaban J connectivity index is 1.83. The van der Waals surface area contributed by atoms with Gasteiger partial charge in [-0.2, -0.15) is 5.10 Å². The Kier molecular flexibility index (Phi) is 5.08. The van der Waals surface area contributed by atoms with E-state index >= 15 is 0 Å². The van der Waals surface area contributed by atoms with Crippen molar-refractivity contribution in [2.75, 3.05) is 5.32 Å². The number of nitrogens with two attached hydrogens (primary N) is 1. The first-order valence-corrected chi connectivity index (χ1v) is 8.45.